The maximum atomic E-state index is 13.3. The zero-order valence-corrected chi connectivity index (χ0v) is 15.3. The summed E-state index contributed by atoms with van der Waals surface area (Å²) in [5, 5.41) is 2.68. The van der Waals surface area contributed by atoms with Crippen LogP contribution in [0.4, 0.5) is 9.18 Å². The highest BCUT2D eigenvalue weighted by molar-refractivity contribution is 6.11. The van der Waals surface area contributed by atoms with Crippen LogP contribution in [-0.4, -0.2) is 29.2 Å². The van der Waals surface area contributed by atoms with Crippen LogP contribution in [0.3, 0.4) is 0 Å². The number of Topliss-reactive ketones (excluding diaryl/α,β-unsaturated/α-hetero) is 1. The van der Waals surface area contributed by atoms with Gasteiger partial charge in [-0.3, -0.25) is 14.5 Å². The Bertz CT molecular complexity index is 895. The third kappa shape index (κ3) is 3.60. The molecule has 0 aromatic heterocycles. The summed E-state index contributed by atoms with van der Waals surface area (Å²) in [7, 11) is 0. The lowest BCUT2D eigenvalue weighted by Gasteiger charge is -2.22. The van der Waals surface area contributed by atoms with Gasteiger partial charge in [-0.1, -0.05) is 49.7 Å². The van der Waals surface area contributed by atoms with Gasteiger partial charge >= 0.3 is 6.03 Å². The molecule has 3 amide bonds. The second-order valence-electron chi connectivity index (χ2n) is 6.83. The molecule has 1 atom stereocenters. The Morgan fingerprint density at radius 1 is 1.15 bits per heavy atom. The minimum absolute atomic E-state index is 0.119. The van der Waals surface area contributed by atoms with Crippen LogP contribution < -0.4 is 5.32 Å². The van der Waals surface area contributed by atoms with E-state index in [1.54, 1.807) is 6.92 Å². The molecule has 0 aliphatic carbocycles. The number of carbonyl (C=O) groups is 3. The van der Waals surface area contributed by atoms with E-state index in [0.717, 1.165) is 29.4 Å². The smallest absolute Gasteiger partial charge is 0.319 e. The van der Waals surface area contributed by atoms with E-state index in [0.29, 0.717) is 5.56 Å². The predicted molar refractivity (Wildman–Crippen MR) is 98.8 cm³/mol. The van der Waals surface area contributed by atoms with Crippen molar-refractivity contribution in [3.8, 4) is 0 Å². The molecule has 1 saturated heterocycles. The molecule has 5 nitrogen and oxygen atoms in total. The number of nitrogens with zero attached hydrogens (tertiary/aromatic N) is 1. The normalized spacial score (nSPS) is 19.3. The monoisotopic (exact) mass is 368 g/mol. The third-order valence-electron chi connectivity index (χ3n) is 4.79. The molecule has 27 heavy (non-hydrogen) atoms. The van der Waals surface area contributed by atoms with Crippen LogP contribution >= 0.6 is 0 Å². The number of nitrogens with one attached hydrogen (secondary N) is 1. The Kier molecular flexibility index (Phi) is 5.08. The number of aryl methyl sites for hydroxylation is 1. The van der Waals surface area contributed by atoms with Crippen molar-refractivity contribution >= 4 is 17.7 Å². The molecule has 2 aromatic rings. The summed E-state index contributed by atoms with van der Waals surface area (Å²) in [6, 6.07) is 12.1. The van der Waals surface area contributed by atoms with E-state index in [1.807, 2.05) is 24.3 Å². The Balaban J connectivity index is 1.80. The molecule has 0 spiro atoms. The molecule has 1 heterocycles. The van der Waals surface area contributed by atoms with Crippen LogP contribution in [0.5, 0.6) is 0 Å². The molecular formula is C21H21FN2O3. The van der Waals surface area contributed by atoms with Gasteiger partial charge in [0.05, 0.1) is 6.54 Å². The van der Waals surface area contributed by atoms with E-state index in [2.05, 4.69) is 12.2 Å². The third-order valence-corrected chi connectivity index (χ3v) is 4.79. The summed E-state index contributed by atoms with van der Waals surface area (Å²) in [6.07, 6.45) is 1.95. The number of urea groups is 1. The zero-order chi connectivity index (χ0) is 19.6. The first-order valence-corrected chi connectivity index (χ1v) is 8.87. The quantitative estimate of drug-likeness (QED) is 0.627. The Morgan fingerprint density at radius 3 is 2.48 bits per heavy atom. The molecule has 6 heteroatoms. The first-order chi connectivity index (χ1) is 12.8. The summed E-state index contributed by atoms with van der Waals surface area (Å²) in [5.41, 5.74) is 0.693. The largest absolute Gasteiger partial charge is 0.325 e. The Labute approximate surface area is 157 Å². The average Bonchev–Trinajstić information content (AvgIpc) is 2.86. The van der Waals surface area contributed by atoms with Crippen molar-refractivity contribution in [3.05, 3.63) is 71.0 Å². The molecule has 0 radical (unpaired) electrons. The Morgan fingerprint density at radius 2 is 1.85 bits per heavy atom. The molecular weight excluding hydrogens is 347 g/mol. The standard InChI is InChI=1S/C21H21FN2O3/c1-3-5-14-8-10-16(11-9-14)21(2)19(26)24(20(27)23-21)13-18(25)15-6-4-7-17(22)12-15/h4,6-12H,3,5,13H2,1-2H3,(H,23,27)/t21-/m1/s1. The van der Waals surface area contributed by atoms with Crippen LogP contribution in [0.25, 0.3) is 0 Å². The van der Waals surface area contributed by atoms with Gasteiger partial charge in [0.25, 0.3) is 5.91 Å². The lowest BCUT2D eigenvalue weighted by Crippen LogP contribution is -2.41. The van der Waals surface area contributed by atoms with Crippen molar-refractivity contribution in [1.29, 1.82) is 0 Å². The summed E-state index contributed by atoms with van der Waals surface area (Å²) < 4.78 is 13.3. The number of ketones is 1. The van der Waals surface area contributed by atoms with Gasteiger partial charge in [-0.05, 0) is 36.6 Å². The number of carbonyl (C=O) groups excluding carboxylic acids is 3. The molecule has 1 fully saturated rings. The second kappa shape index (κ2) is 7.31. The van der Waals surface area contributed by atoms with Gasteiger partial charge in [-0.25, -0.2) is 9.18 Å². The molecule has 1 aliphatic heterocycles. The highest BCUT2D eigenvalue weighted by Crippen LogP contribution is 2.29. The fraction of sp³-hybridized carbons (Fsp3) is 0.286. The van der Waals surface area contributed by atoms with Gasteiger partial charge in [-0.15, -0.1) is 0 Å². The molecule has 2 aromatic carbocycles. The molecule has 0 unspecified atom stereocenters. The van der Waals surface area contributed by atoms with E-state index in [9.17, 15) is 18.8 Å². The molecule has 1 N–H and O–H groups in total. The lowest BCUT2D eigenvalue weighted by atomic mass is 9.91. The Hall–Kier alpha value is -3.02. The van der Waals surface area contributed by atoms with Crippen LogP contribution in [0.15, 0.2) is 48.5 Å². The summed E-state index contributed by atoms with van der Waals surface area (Å²) in [4.78, 5) is 38.5. The second-order valence-corrected chi connectivity index (χ2v) is 6.83. The van der Waals surface area contributed by atoms with Gasteiger partial charge in [0.15, 0.2) is 5.78 Å². The van der Waals surface area contributed by atoms with Crippen LogP contribution in [0, 0.1) is 5.82 Å². The van der Waals surface area contributed by atoms with Crippen molar-refractivity contribution in [2.24, 2.45) is 0 Å². The number of benzene rings is 2. The maximum Gasteiger partial charge on any atom is 0.325 e. The van der Waals surface area contributed by atoms with Gasteiger partial charge in [-0.2, -0.15) is 0 Å². The molecule has 3 rings (SSSR count). The predicted octanol–water partition coefficient (Wildman–Crippen LogP) is 3.43. The van der Waals surface area contributed by atoms with E-state index >= 15 is 0 Å². The van der Waals surface area contributed by atoms with E-state index in [4.69, 9.17) is 0 Å². The number of hydrogen-bond acceptors (Lipinski definition) is 3. The number of halogens is 1. The van der Waals surface area contributed by atoms with Crippen molar-refractivity contribution in [2.75, 3.05) is 6.54 Å². The van der Waals surface area contributed by atoms with Crippen LogP contribution in [0.2, 0.25) is 0 Å². The topological polar surface area (TPSA) is 66.5 Å². The first-order valence-electron chi connectivity index (χ1n) is 8.87. The van der Waals surface area contributed by atoms with Gasteiger partial charge in [0, 0.05) is 5.56 Å². The van der Waals surface area contributed by atoms with E-state index in [1.165, 1.54) is 18.2 Å². The number of rotatable bonds is 6. The van der Waals surface area contributed by atoms with Crippen molar-refractivity contribution in [2.45, 2.75) is 32.2 Å². The zero-order valence-electron chi connectivity index (χ0n) is 15.3. The van der Waals surface area contributed by atoms with E-state index < -0.39 is 35.6 Å². The summed E-state index contributed by atoms with van der Waals surface area (Å²) in [6.45, 7) is 3.27. The molecule has 0 bridgehead atoms. The highest BCUT2D eigenvalue weighted by Gasteiger charge is 2.49. The summed E-state index contributed by atoms with van der Waals surface area (Å²) >= 11 is 0. The SMILES string of the molecule is CCCc1ccc([C@@]2(C)NC(=O)N(CC(=O)c3cccc(F)c3)C2=O)cc1. The van der Waals surface area contributed by atoms with Gasteiger partial charge < -0.3 is 5.32 Å². The first kappa shape index (κ1) is 18.8. The minimum atomic E-state index is -1.23. The summed E-state index contributed by atoms with van der Waals surface area (Å²) in [5.74, 6) is -1.55. The van der Waals surface area contributed by atoms with Crippen LogP contribution in [0.1, 0.15) is 41.8 Å². The fourth-order valence-corrected chi connectivity index (χ4v) is 3.23. The van der Waals surface area contributed by atoms with Gasteiger partial charge in [0.2, 0.25) is 0 Å². The van der Waals surface area contributed by atoms with Crippen LogP contribution in [-0.2, 0) is 16.8 Å². The number of imide groups is 1. The van der Waals surface area contributed by atoms with E-state index in [-0.39, 0.29) is 5.56 Å². The average molecular weight is 368 g/mol. The number of hydrogen-bond donors (Lipinski definition) is 1. The minimum Gasteiger partial charge on any atom is -0.319 e. The van der Waals surface area contributed by atoms with Gasteiger partial charge in [0.1, 0.15) is 11.4 Å². The van der Waals surface area contributed by atoms with Crippen molar-refractivity contribution in [1.82, 2.24) is 10.2 Å². The number of amides is 3. The molecule has 0 saturated carbocycles. The highest BCUT2D eigenvalue weighted by atomic mass is 19.1. The molecule has 1 aliphatic rings. The van der Waals surface area contributed by atoms with Crippen molar-refractivity contribution < 1.29 is 18.8 Å². The maximum absolute atomic E-state index is 13.3. The fourth-order valence-electron chi connectivity index (χ4n) is 3.23. The molecule has 140 valence electrons. The van der Waals surface area contributed by atoms with Crippen molar-refractivity contribution in [3.63, 3.8) is 0 Å². The lowest BCUT2D eigenvalue weighted by molar-refractivity contribution is -0.130.